The van der Waals surface area contributed by atoms with Crippen LogP contribution in [0.5, 0.6) is 0 Å². The van der Waals surface area contributed by atoms with E-state index in [-0.39, 0.29) is 0 Å². The van der Waals surface area contributed by atoms with Crippen molar-refractivity contribution in [1.82, 2.24) is 9.80 Å². The minimum atomic E-state index is 1.09. The Morgan fingerprint density at radius 3 is 2.23 bits per heavy atom. The first-order valence-electron chi connectivity index (χ1n) is 4.66. The molecule has 2 heteroatoms. The van der Waals surface area contributed by atoms with Crippen molar-refractivity contribution in [3.8, 4) is 0 Å². The van der Waals surface area contributed by atoms with Gasteiger partial charge in [0.1, 0.15) is 0 Å². The summed E-state index contributed by atoms with van der Waals surface area (Å²) in [7, 11) is 2.15. The first-order valence-corrected chi connectivity index (χ1v) is 4.66. The van der Waals surface area contributed by atoms with Crippen molar-refractivity contribution in [1.29, 1.82) is 0 Å². The van der Waals surface area contributed by atoms with Gasteiger partial charge in [0.05, 0.1) is 0 Å². The highest BCUT2D eigenvalue weighted by molar-refractivity contribution is 5.20. The zero-order valence-corrected chi connectivity index (χ0v) is 8.37. The summed E-state index contributed by atoms with van der Waals surface area (Å²) in [5.74, 6) is 0. The molecular weight excluding hydrogens is 160 g/mol. The highest BCUT2D eigenvalue weighted by Crippen LogP contribution is 2.09. The van der Waals surface area contributed by atoms with Gasteiger partial charge in [-0.25, -0.2) is 0 Å². The average Bonchev–Trinajstić information content (AvgIpc) is 2.16. The molecule has 1 saturated heterocycles. The molecule has 0 N–H and O–H groups in total. The molecule has 0 spiro atoms. The lowest BCUT2D eigenvalue weighted by molar-refractivity contribution is 0.190. The molecule has 2 nitrogen and oxygen atoms in total. The van der Waals surface area contributed by atoms with Gasteiger partial charge in [0.2, 0.25) is 0 Å². The summed E-state index contributed by atoms with van der Waals surface area (Å²) in [6.07, 6.45) is 5.72. The molecule has 0 amide bonds. The normalized spacial score (nSPS) is 20.1. The van der Waals surface area contributed by atoms with Gasteiger partial charge in [-0.05, 0) is 19.2 Å². The van der Waals surface area contributed by atoms with E-state index in [2.05, 4.69) is 30.0 Å². The summed E-state index contributed by atoms with van der Waals surface area (Å²) >= 11 is 0. The summed E-state index contributed by atoms with van der Waals surface area (Å²) in [5.41, 5.74) is 1.18. The largest absolute Gasteiger partial charge is 0.369 e. The maximum Gasteiger partial charge on any atom is 0.0360 e. The van der Waals surface area contributed by atoms with Crippen molar-refractivity contribution in [3.05, 3.63) is 37.1 Å². The van der Waals surface area contributed by atoms with Crippen LogP contribution in [0.4, 0.5) is 0 Å². The molecular formula is C11H18N2. The Morgan fingerprint density at radius 2 is 1.77 bits per heavy atom. The Bertz CT molecular complexity index is 210. The number of nitrogens with zero attached hydrogens (tertiary/aromatic N) is 2. The maximum atomic E-state index is 3.80. The highest BCUT2D eigenvalue weighted by atomic mass is 15.2. The van der Waals surface area contributed by atoms with Gasteiger partial charge < -0.3 is 9.80 Å². The average molecular weight is 178 g/mol. The van der Waals surface area contributed by atoms with Crippen LogP contribution in [0.15, 0.2) is 37.1 Å². The number of hydrogen-bond donors (Lipinski definition) is 0. The minimum Gasteiger partial charge on any atom is -0.369 e. The Morgan fingerprint density at radius 1 is 1.15 bits per heavy atom. The van der Waals surface area contributed by atoms with E-state index >= 15 is 0 Å². The van der Waals surface area contributed by atoms with Gasteiger partial charge >= 0.3 is 0 Å². The predicted octanol–water partition coefficient (Wildman–Crippen LogP) is 1.49. The van der Waals surface area contributed by atoms with Crippen LogP contribution < -0.4 is 0 Å². The molecule has 0 aromatic rings. The molecule has 0 bridgehead atoms. The van der Waals surface area contributed by atoms with Gasteiger partial charge in [0, 0.05) is 31.9 Å². The number of hydrogen-bond acceptors (Lipinski definition) is 2. The fourth-order valence-electron chi connectivity index (χ4n) is 1.49. The van der Waals surface area contributed by atoms with E-state index in [9.17, 15) is 0 Å². The third kappa shape index (κ3) is 2.74. The standard InChI is InChI=1S/C11H18N2/c1-4-6-11(5-2)13-9-7-12(3)8-10-13/h4-6H,1-2,7-10H2,3H3. The first kappa shape index (κ1) is 10.1. The van der Waals surface area contributed by atoms with Crippen molar-refractivity contribution in [2.45, 2.75) is 0 Å². The van der Waals surface area contributed by atoms with E-state index < -0.39 is 0 Å². The van der Waals surface area contributed by atoms with Gasteiger partial charge in [-0.2, -0.15) is 0 Å². The summed E-state index contributed by atoms with van der Waals surface area (Å²) in [5, 5.41) is 0. The second kappa shape index (κ2) is 4.87. The summed E-state index contributed by atoms with van der Waals surface area (Å²) in [6.45, 7) is 11.9. The van der Waals surface area contributed by atoms with Crippen molar-refractivity contribution in [2.75, 3.05) is 33.2 Å². The fraction of sp³-hybridized carbons (Fsp3) is 0.455. The van der Waals surface area contributed by atoms with Gasteiger partial charge in [0.15, 0.2) is 0 Å². The lowest BCUT2D eigenvalue weighted by Crippen LogP contribution is -2.43. The predicted molar refractivity (Wildman–Crippen MR) is 57.5 cm³/mol. The third-order valence-electron chi connectivity index (χ3n) is 2.37. The first-order chi connectivity index (χ1) is 6.27. The molecule has 72 valence electrons. The van der Waals surface area contributed by atoms with E-state index in [1.807, 2.05) is 18.2 Å². The summed E-state index contributed by atoms with van der Waals surface area (Å²) in [4.78, 5) is 4.68. The molecule has 0 saturated carbocycles. The Labute approximate surface area is 80.8 Å². The zero-order chi connectivity index (χ0) is 9.68. The smallest absolute Gasteiger partial charge is 0.0360 e. The third-order valence-corrected chi connectivity index (χ3v) is 2.37. The van der Waals surface area contributed by atoms with Crippen LogP contribution in [-0.2, 0) is 0 Å². The van der Waals surface area contributed by atoms with Crippen molar-refractivity contribution >= 4 is 0 Å². The highest BCUT2D eigenvalue weighted by Gasteiger charge is 2.13. The quantitative estimate of drug-likeness (QED) is 0.604. The summed E-state index contributed by atoms with van der Waals surface area (Å²) in [6, 6.07) is 0. The van der Waals surface area contributed by atoms with Gasteiger partial charge in [-0.1, -0.05) is 19.2 Å². The van der Waals surface area contributed by atoms with Crippen LogP contribution >= 0.6 is 0 Å². The second-order valence-electron chi connectivity index (χ2n) is 3.32. The van der Waals surface area contributed by atoms with E-state index in [4.69, 9.17) is 0 Å². The van der Waals surface area contributed by atoms with E-state index in [1.165, 1.54) is 5.70 Å². The van der Waals surface area contributed by atoms with Crippen molar-refractivity contribution in [3.63, 3.8) is 0 Å². The molecule has 1 aliphatic rings. The van der Waals surface area contributed by atoms with Crippen molar-refractivity contribution < 1.29 is 0 Å². The SMILES string of the molecule is C=CC=C(C=C)N1CCN(C)CC1. The summed E-state index contributed by atoms with van der Waals surface area (Å²) < 4.78 is 0. The zero-order valence-electron chi connectivity index (χ0n) is 8.37. The Hall–Kier alpha value is -1.02. The van der Waals surface area contributed by atoms with Crippen LogP contribution in [0.3, 0.4) is 0 Å². The van der Waals surface area contributed by atoms with Crippen LogP contribution in [0.25, 0.3) is 0 Å². The topological polar surface area (TPSA) is 6.48 Å². The fourth-order valence-corrected chi connectivity index (χ4v) is 1.49. The Balaban J connectivity index is 2.56. The molecule has 0 aromatic carbocycles. The molecule has 0 radical (unpaired) electrons. The molecule has 0 aromatic heterocycles. The van der Waals surface area contributed by atoms with Gasteiger partial charge in [-0.15, -0.1) is 0 Å². The maximum absolute atomic E-state index is 3.80. The molecule has 13 heavy (non-hydrogen) atoms. The number of piperazine rings is 1. The Kier molecular flexibility index (Phi) is 3.77. The van der Waals surface area contributed by atoms with Crippen LogP contribution in [0.1, 0.15) is 0 Å². The monoisotopic (exact) mass is 178 g/mol. The second-order valence-corrected chi connectivity index (χ2v) is 3.32. The van der Waals surface area contributed by atoms with Gasteiger partial charge in [-0.3, -0.25) is 0 Å². The van der Waals surface area contributed by atoms with E-state index in [0.29, 0.717) is 0 Å². The minimum absolute atomic E-state index is 1.09. The molecule has 1 heterocycles. The van der Waals surface area contributed by atoms with E-state index in [0.717, 1.165) is 26.2 Å². The molecule has 1 fully saturated rings. The lowest BCUT2D eigenvalue weighted by Gasteiger charge is -2.34. The van der Waals surface area contributed by atoms with Crippen LogP contribution in [0.2, 0.25) is 0 Å². The molecule has 0 unspecified atom stereocenters. The molecule has 1 rings (SSSR count). The van der Waals surface area contributed by atoms with Crippen molar-refractivity contribution in [2.24, 2.45) is 0 Å². The number of rotatable bonds is 3. The van der Waals surface area contributed by atoms with Gasteiger partial charge in [0.25, 0.3) is 0 Å². The number of allylic oxidation sites excluding steroid dienone is 3. The van der Waals surface area contributed by atoms with E-state index in [1.54, 1.807) is 0 Å². The molecule has 0 aliphatic carbocycles. The molecule has 0 atom stereocenters. The number of likely N-dealkylation sites (N-methyl/N-ethyl adjacent to an activating group) is 1. The molecule has 1 aliphatic heterocycles. The van der Waals surface area contributed by atoms with Crippen LogP contribution in [0, 0.1) is 0 Å². The van der Waals surface area contributed by atoms with Crippen LogP contribution in [-0.4, -0.2) is 43.0 Å². The lowest BCUT2D eigenvalue weighted by atomic mass is 10.2.